The van der Waals surface area contributed by atoms with Crippen molar-refractivity contribution in [3.05, 3.63) is 11.1 Å². The number of hydrogen-bond acceptors (Lipinski definition) is 2. The van der Waals surface area contributed by atoms with Gasteiger partial charge in [0.15, 0.2) is 0 Å². The van der Waals surface area contributed by atoms with Crippen LogP contribution in [0.1, 0.15) is 39.0 Å². The van der Waals surface area contributed by atoms with E-state index in [4.69, 9.17) is 0 Å². The predicted molar refractivity (Wildman–Crippen MR) is 88.3 cm³/mol. The molecule has 120 valence electrons. The van der Waals surface area contributed by atoms with E-state index in [1.165, 1.54) is 0 Å². The molecule has 0 aromatic heterocycles. The topological polar surface area (TPSA) is 61.4 Å². The summed E-state index contributed by atoms with van der Waals surface area (Å²) in [4.78, 5) is 25.6. The summed E-state index contributed by atoms with van der Waals surface area (Å²) in [5.74, 6) is 0.182. The number of piperidine rings is 1. The molecule has 0 aliphatic carbocycles. The van der Waals surface area contributed by atoms with Crippen molar-refractivity contribution in [3.8, 4) is 0 Å². The van der Waals surface area contributed by atoms with Crippen molar-refractivity contribution < 1.29 is 9.59 Å². The van der Waals surface area contributed by atoms with Crippen LogP contribution < -0.4 is 10.6 Å². The molecule has 0 atom stereocenters. The van der Waals surface area contributed by atoms with Gasteiger partial charge in [-0.25, -0.2) is 4.79 Å². The number of nitrogens with zero attached hydrogens (tertiary/aromatic N) is 1. The minimum absolute atomic E-state index is 0.0433. The lowest BCUT2D eigenvalue weighted by Gasteiger charge is -2.31. The summed E-state index contributed by atoms with van der Waals surface area (Å²) in [5.41, 5.74) is 0. The first-order valence-electron chi connectivity index (χ1n) is 7.68. The molecule has 5 nitrogen and oxygen atoms in total. The Kier molecular flexibility index (Phi) is 8.42. The molecule has 2 N–H and O–H groups in total. The molecular formula is C15H26BrN3O2. The summed E-state index contributed by atoms with van der Waals surface area (Å²) < 4.78 is 0.747. The van der Waals surface area contributed by atoms with E-state index in [9.17, 15) is 9.59 Å². The number of halogens is 1. The second-order valence-corrected chi connectivity index (χ2v) is 6.56. The van der Waals surface area contributed by atoms with Crippen LogP contribution in [0.4, 0.5) is 4.79 Å². The normalized spacial score (nSPS) is 15.6. The van der Waals surface area contributed by atoms with E-state index in [-0.39, 0.29) is 17.9 Å². The number of likely N-dealkylation sites (tertiary alicyclic amines) is 1. The number of amides is 3. The van der Waals surface area contributed by atoms with E-state index < -0.39 is 0 Å². The second kappa shape index (κ2) is 9.82. The number of rotatable bonds is 7. The van der Waals surface area contributed by atoms with Crippen molar-refractivity contribution in [1.82, 2.24) is 15.5 Å². The smallest absolute Gasteiger partial charge is 0.317 e. The molecule has 0 aromatic rings. The van der Waals surface area contributed by atoms with Crippen molar-refractivity contribution in [3.63, 3.8) is 0 Å². The van der Waals surface area contributed by atoms with Gasteiger partial charge in [-0.2, -0.15) is 0 Å². The van der Waals surface area contributed by atoms with Crippen LogP contribution >= 0.6 is 15.9 Å². The molecule has 0 unspecified atom stereocenters. The van der Waals surface area contributed by atoms with Crippen LogP contribution in [-0.4, -0.2) is 43.0 Å². The molecule has 0 aromatic carbocycles. The van der Waals surface area contributed by atoms with E-state index >= 15 is 0 Å². The van der Waals surface area contributed by atoms with Crippen molar-refractivity contribution in [2.75, 3.05) is 26.2 Å². The van der Waals surface area contributed by atoms with Crippen LogP contribution in [0.25, 0.3) is 0 Å². The van der Waals surface area contributed by atoms with Crippen molar-refractivity contribution >= 4 is 27.9 Å². The highest BCUT2D eigenvalue weighted by molar-refractivity contribution is 9.11. The molecule has 3 amide bonds. The Labute approximate surface area is 135 Å². The molecule has 0 saturated carbocycles. The Bertz CT molecular complexity index is 366. The van der Waals surface area contributed by atoms with Gasteiger partial charge in [0, 0.05) is 30.0 Å². The van der Waals surface area contributed by atoms with Gasteiger partial charge >= 0.3 is 6.03 Å². The Morgan fingerprint density at radius 2 is 1.90 bits per heavy atom. The average Bonchev–Trinajstić information content (AvgIpc) is 2.49. The van der Waals surface area contributed by atoms with Crippen LogP contribution in [0, 0.1) is 5.92 Å². The monoisotopic (exact) mass is 359 g/mol. The van der Waals surface area contributed by atoms with Crippen molar-refractivity contribution in [2.45, 2.75) is 39.0 Å². The number of carbonyl (C=O) groups excluding carboxylic acids is 2. The highest BCUT2D eigenvalue weighted by atomic mass is 79.9. The summed E-state index contributed by atoms with van der Waals surface area (Å²) in [6, 6.07) is -0.0857. The van der Waals surface area contributed by atoms with E-state index in [0.29, 0.717) is 19.6 Å². The third kappa shape index (κ3) is 6.98. The number of urea groups is 1. The molecule has 1 saturated heterocycles. The third-order valence-corrected chi connectivity index (χ3v) is 3.94. The fraction of sp³-hybridized carbons (Fsp3) is 0.733. The molecule has 6 heteroatoms. The first kappa shape index (κ1) is 18.0. The molecule has 1 aliphatic heterocycles. The molecule has 1 fully saturated rings. The van der Waals surface area contributed by atoms with Crippen LogP contribution in [0.3, 0.4) is 0 Å². The Morgan fingerprint density at radius 3 is 2.48 bits per heavy atom. The van der Waals surface area contributed by atoms with E-state index in [2.05, 4.69) is 40.1 Å². The highest BCUT2D eigenvalue weighted by Crippen LogP contribution is 2.17. The largest absolute Gasteiger partial charge is 0.356 e. The van der Waals surface area contributed by atoms with Gasteiger partial charge in [-0.1, -0.05) is 42.3 Å². The number of nitrogens with one attached hydrogen (secondary N) is 2. The van der Waals surface area contributed by atoms with Crippen LogP contribution in [-0.2, 0) is 4.79 Å². The minimum Gasteiger partial charge on any atom is -0.356 e. The maximum atomic E-state index is 12.0. The number of unbranched alkanes of at least 4 members (excludes halogenated alkanes) is 2. The zero-order valence-corrected chi connectivity index (χ0v) is 14.4. The standard InChI is InChI=1S/C15H26BrN3O2/c1-3-4-5-8-17-14(20)13-6-9-19(10-7-13)15(21)18-11-12(2)16/h13H,2-11H2,1H3,(H,17,20)(H,18,21). The summed E-state index contributed by atoms with van der Waals surface area (Å²) in [5, 5.41) is 5.78. The van der Waals surface area contributed by atoms with Crippen molar-refractivity contribution in [1.29, 1.82) is 0 Å². The number of carbonyl (C=O) groups is 2. The maximum absolute atomic E-state index is 12.0. The maximum Gasteiger partial charge on any atom is 0.317 e. The van der Waals surface area contributed by atoms with Gasteiger partial charge in [-0.15, -0.1) is 0 Å². The summed E-state index contributed by atoms with van der Waals surface area (Å²) in [6.07, 6.45) is 4.83. The molecule has 1 rings (SSSR count). The van der Waals surface area contributed by atoms with Crippen LogP contribution in [0.2, 0.25) is 0 Å². The Morgan fingerprint density at radius 1 is 1.24 bits per heavy atom. The van der Waals surface area contributed by atoms with Gasteiger partial charge in [0.2, 0.25) is 5.91 Å². The summed E-state index contributed by atoms with van der Waals surface area (Å²) >= 11 is 3.21. The molecule has 1 heterocycles. The van der Waals surface area contributed by atoms with Gasteiger partial charge in [-0.05, 0) is 19.3 Å². The van der Waals surface area contributed by atoms with Gasteiger partial charge in [-0.3, -0.25) is 4.79 Å². The molecule has 1 aliphatic rings. The van der Waals surface area contributed by atoms with E-state index in [0.717, 1.165) is 43.1 Å². The molecular weight excluding hydrogens is 334 g/mol. The Hall–Kier alpha value is -1.04. The molecule has 21 heavy (non-hydrogen) atoms. The van der Waals surface area contributed by atoms with Gasteiger partial charge in [0.1, 0.15) is 0 Å². The lowest BCUT2D eigenvalue weighted by atomic mass is 9.96. The van der Waals surface area contributed by atoms with Gasteiger partial charge in [0.05, 0.1) is 6.54 Å². The zero-order valence-electron chi connectivity index (χ0n) is 12.8. The fourth-order valence-corrected chi connectivity index (χ4v) is 2.50. The SMILES string of the molecule is C=C(Br)CNC(=O)N1CCC(C(=O)NCCCCC)CC1. The fourth-order valence-electron chi connectivity index (χ4n) is 2.36. The lowest BCUT2D eigenvalue weighted by Crippen LogP contribution is -2.47. The molecule has 0 bridgehead atoms. The predicted octanol–water partition coefficient (Wildman–Crippen LogP) is 2.62. The minimum atomic E-state index is -0.0857. The first-order valence-corrected chi connectivity index (χ1v) is 8.47. The highest BCUT2D eigenvalue weighted by Gasteiger charge is 2.26. The average molecular weight is 360 g/mol. The summed E-state index contributed by atoms with van der Waals surface area (Å²) in [6.45, 7) is 8.28. The third-order valence-electron chi connectivity index (χ3n) is 3.66. The van der Waals surface area contributed by atoms with E-state index in [1.807, 2.05) is 0 Å². The van der Waals surface area contributed by atoms with Crippen LogP contribution in [0.15, 0.2) is 11.1 Å². The van der Waals surface area contributed by atoms with Gasteiger partial charge < -0.3 is 15.5 Å². The Balaban J connectivity index is 2.23. The number of hydrogen-bond donors (Lipinski definition) is 2. The van der Waals surface area contributed by atoms with Crippen molar-refractivity contribution in [2.24, 2.45) is 5.92 Å². The molecule has 0 spiro atoms. The molecule has 0 radical (unpaired) electrons. The first-order chi connectivity index (χ1) is 10.0. The van der Waals surface area contributed by atoms with Gasteiger partial charge in [0.25, 0.3) is 0 Å². The lowest BCUT2D eigenvalue weighted by molar-refractivity contribution is -0.126. The van der Waals surface area contributed by atoms with E-state index in [1.54, 1.807) is 4.90 Å². The summed E-state index contributed by atoms with van der Waals surface area (Å²) in [7, 11) is 0. The zero-order chi connectivity index (χ0) is 15.7. The second-order valence-electron chi connectivity index (χ2n) is 5.44. The quantitative estimate of drug-likeness (QED) is 0.686. The van der Waals surface area contributed by atoms with Crippen LogP contribution in [0.5, 0.6) is 0 Å².